The molecule has 0 aliphatic heterocycles. The molecule has 4 nitrogen and oxygen atoms in total. The van der Waals surface area contributed by atoms with Crippen molar-refractivity contribution >= 4 is 5.97 Å². The Bertz CT molecular complexity index is 872. The van der Waals surface area contributed by atoms with Gasteiger partial charge in [0.1, 0.15) is 11.6 Å². The Balaban J connectivity index is 2.54. The molecule has 0 aromatic heterocycles. The van der Waals surface area contributed by atoms with Crippen LogP contribution in [0.1, 0.15) is 84.4 Å². The third-order valence-electron chi connectivity index (χ3n) is 5.99. The topological polar surface area (TPSA) is 66.8 Å². The molecule has 0 saturated carbocycles. The van der Waals surface area contributed by atoms with E-state index in [1.807, 2.05) is 20.8 Å². The zero-order valence-electron chi connectivity index (χ0n) is 18.6. The first-order chi connectivity index (χ1) is 14.2. The van der Waals surface area contributed by atoms with E-state index in [1.165, 1.54) is 12.1 Å². The Morgan fingerprint density at radius 1 is 1.00 bits per heavy atom. The molecule has 0 aliphatic rings. The van der Waals surface area contributed by atoms with E-state index in [0.717, 1.165) is 58.4 Å². The number of carbonyl (C=O) groups is 1. The minimum atomic E-state index is -0.779. The van der Waals surface area contributed by atoms with Crippen molar-refractivity contribution in [1.82, 2.24) is 0 Å². The lowest BCUT2D eigenvalue weighted by Gasteiger charge is -2.28. The Kier molecular flexibility index (Phi) is 8.42. The van der Waals surface area contributed by atoms with Crippen LogP contribution < -0.4 is 4.74 Å². The van der Waals surface area contributed by atoms with Gasteiger partial charge in [-0.2, -0.15) is 0 Å². The van der Waals surface area contributed by atoms with Crippen molar-refractivity contribution in [3.63, 3.8) is 0 Å². The van der Waals surface area contributed by atoms with Gasteiger partial charge < -0.3 is 14.9 Å². The molecule has 2 N–H and O–H groups in total. The van der Waals surface area contributed by atoms with Crippen LogP contribution in [0.3, 0.4) is 0 Å². The second kappa shape index (κ2) is 10.6. The van der Waals surface area contributed by atoms with Gasteiger partial charge in [-0.1, -0.05) is 25.0 Å². The van der Waals surface area contributed by atoms with Gasteiger partial charge in [0.15, 0.2) is 0 Å². The number of aliphatic hydroxyl groups excluding tert-OH is 1. The van der Waals surface area contributed by atoms with Crippen LogP contribution in [0.2, 0.25) is 0 Å². The summed E-state index contributed by atoms with van der Waals surface area (Å²) >= 11 is 0. The molecule has 0 spiro atoms. The van der Waals surface area contributed by atoms with Crippen molar-refractivity contribution in [1.29, 1.82) is 0 Å². The summed E-state index contributed by atoms with van der Waals surface area (Å²) < 4.78 is 19.4. The lowest BCUT2D eigenvalue weighted by Crippen LogP contribution is -2.12. The standard InChI is InChI=1S/C25H33FO4/c1-15-16(2)25(30-5)24(17(3)23(15)18(4)27)21(9-7-6-8-10-22(28)29)19-11-13-20(26)14-12-19/h11-14,18,21,27H,6-10H2,1-5H3,(H,28,29)/t18-,21?/m1/s1. The lowest BCUT2D eigenvalue weighted by molar-refractivity contribution is -0.137. The van der Waals surface area contributed by atoms with Gasteiger partial charge in [0, 0.05) is 17.9 Å². The first-order valence-electron chi connectivity index (χ1n) is 10.5. The summed E-state index contributed by atoms with van der Waals surface area (Å²) in [5.41, 5.74) is 5.90. The fraction of sp³-hybridized carbons (Fsp3) is 0.480. The smallest absolute Gasteiger partial charge is 0.303 e. The van der Waals surface area contributed by atoms with Crippen LogP contribution in [0.25, 0.3) is 0 Å². The number of rotatable bonds is 10. The molecule has 0 fully saturated rings. The molecular formula is C25H33FO4. The first-order valence-corrected chi connectivity index (χ1v) is 10.5. The Labute approximate surface area is 178 Å². The first kappa shape index (κ1) is 23.9. The van der Waals surface area contributed by atoms with Crippen molar-refractivity contribution in [3.8, 4) is 5.75 Å². The number of benzene rings is 2. The highest BCUT2D eigenvalue weighted by atomic mass is 19.1. The maximum atomic E-state index is 13.6. The predicted molar refractivity (Wildman–Crippen MR) is 117 cm³/mol. The zero-order valence-corrected chi connectivity index (χ0v) is 18.6. The van der Waals surface area contributed by atoms with Crippen LogP contribution in [0, 0.1) is 26.6 Å². The molecule has 164 valence electrons. The van der Waals surface area contributed by atoms with Crippen LogP contribution >= 0.6 is 0 Å². The molecule has 2 rings (SSSR count). The molecule has 2 atom stereocenters. The number of carboxylic acids is 1. The molecule has 1 unspecified atom stereocenters. The van der Waals surface area contributed by atoms with E-state index in [1.54, 1.807) is 26.2 Å². The second-order valence-electron chi connectivity index (χ2n) is 8.01. The lowest BCUT2D eigenvalue weighted by atomic mass is 9.79. The largest absolute Gasteiger partial charge is 0.496 e. The summed E-state index contributed by atoms with van der Waals surface area (Å²) in [6.07, 6.45) is 2.61. The minimum absolute atomic E-state index is 0.0396. The van der Waals surface area contributed by atoms with Crippen LogP contribution in [-0.2, 0) is 4.79 Å². The summed E-state index contributed by atoms with van der Waals surface area (Å²) in [6, 6.07) is 6.52. The molecule has 2 aromatic rings. The van der Waals surface area contributed by atoms with Gasteiger partial charge in [0.2, 0.25) is 0 Å². The fourth-order valence-corrected chi connectivity index (χ4v) is 4.45. The summed E-state index contributed by atoms with van der Waals surface area (Å²) in [5, 5.41) is 19.3. The number of aliphatic hydroxyl groups is 1. The van der Waals surface area contributed by atoms with Crippen molar-refractivity contribution in [3.05, 3.63) is 63.5 Å². The summed E-state index contributed by atoms with van der Waals surface area (Å²) in [5.74, 6) is -0.304. The minimum Gasteiger partial charge on any atom is -0.496 e. The average molecular weight is 417 g/mol. The van der Waals surface area contributed by atoms with E-state index in [2.05, 4.69) is 0 Å². The van der Waals surface area contributed by atoms with Gasteiger partial charge in [-0.15, -0.1) is 0 Å². The maximum absolute atomic E-state index is 13.6. The van der Waals surface area contributed by atoms with Gasteiger partial charge in [0.25, 0.3) is 0 Å². The Hall–Kier alpha value is -2.40. The molecule has 0 radical (unpaired) electrons. The van der Waals surface area contributed by atoms with E-state index in [9.17, 15) is 14.3 Å². The van der Waals surface area contributed by atoms with E-state index < -0.39 is 12.1 Å². The normalized spacial score (nSPS) is 13.2. The average Bonchev–Trinajstić information content (AvgIpc) is 2.68. The molecule has 0 saturated heterocycles. The predicted octanol–water partition coefficient (Wildman–Crippen LogP) is 5.98. The quantitative estimate of drug-likeness (QED) is 0.468. The summed E-state index contributed by atoms with van der Waals surface area (Å²) in [7, 11) is 1.65. The third kappa shape index (κ3) is 5.39. The van der Waals surface area contributed by atoms with Crippen LogP contribution in [0.4, 0.5) is 4.39 Å². The molecule has 0 aliphatic carbocycles. The number of hydrogen-bond acceptors (Lipinski definition) is 3. The Morgan fingerprint density at radius 2 is 1.63 bits per heavy atom. The highest BCUT2D eigenvalue weighted by Gasteiger charge is 2.27. The van der Waals surface area contributed by atoms with E-state index in [4.69, 9.17) is 9.84 Å². The number of hydrogen-bond donors (Lipinski definition) is 2. The molecule has 30 heavy (non-hydrogen) atoms. The number of unbranched alkanes of at least 4 members (excludes halogenated alkanes) is 2. The van der Waals surface area contributed by atoms with Gasteiger partial charge >= 0.3 is 5.97 Å². The van der Waals surface area contributed by atoms with Crippen LogP contribution in [0.5, 0.6) is 5.75 Å². The highest BCUT2D eigenvalue weighted by molar-refractivity contribution is 5.66. The van der Waals surface area contributed by atoms with Gasteiger partial charge in [-0.05, 0) is 80.5 Å². The fourth-order valence-electron chi connectivity index (χ4n) is 4.45. The van der Waals surface area contributed by atoms with E-state index in [-0.39, 0.29) is 18.2 Å². The van der Waals surface area contributed by atoms with Crippen molar-refractivity contribution in [2.24, 2.45) is 0 Å². The van der Waals surface area contributed by atoms with Crippen molar-refractivity contribution in [2.75, 3.05) is 7.11 Å². The van der Waals surface area contributed by atoms with E-state index in [0.29, 0.717) is 6.42 Å². The van der Waals surface area contributed by atoms with Crippen molar-refractivity contribution in [2.45, 2.75) is 71.8 Å². The highest BCUT2D eigenvalue weighted by Crippen LogP contribution is 2.44. The number of ether oxygens (including phenoxy) is 1. The third-order valence-corrected chi connectivity index (χ3v) is 5.99. The molecule has 2 aromatic carbocycles. The second-order valence-corrected chi connectivity index (χ2v) is 8.01. The summed E-state index contributed by atoms with van der Waals surface area (Å²) in [6.45, 7) is 7.77. The molecular weight excluding hydrogens is 383 g/mol. The molecule has 0 amide bonds. The van der Waals surface area contributed by atoms with Gasteiger partial charge in [-0.3, -0.25) is 4.79 Å². The van der Waals surface area contributed by atoms with Crippen LogP contribution in [-0.4, -0.2) is 23.3 Å². The van der Waals surface area contributed by atoms with E-state index >= 15 is 0 Å². The monoisotopic (exact) mass is 416 g/mol. The number of methoxy groups -OCH3 is 1. The van der Waals surface area contributed by atoms with Gasteiger partial charge in [0.05, 0.1) is 13.2 Å². The molecule has 0 heterocycles. The van der Waals surface area contributed by atoms with Gasteiger partial charge in [-0.25, -0.2) is 4.39 Å². The van der Waals surface area contributed by atoms with Crippen LogP contribution in [0.15, 0.2) is 24.3 Å². The number of halogens is 1. The SMILES string of the molecule is COc1c(C)c(C)c([C@@H](C)O)c(C)c1C(CCCCCC(=O)O)c1ccc(F)cc1. The molecule has 0 bridgehead atoms. The molecule has 5 heteroatoms. The number of carboxylic acid groups (broad SMARTS) is 1. The van der Waals surface area contributed by atoms with Crippen molar-refractivity contribution < 1.29 is 24.1 Å². The Morgan fingerprint density at radius 3 is 2.17 bits per heavy atom. The number of aliphatic carboxylic acids is 1. The maximum Gasteiger partial charge on any atom is 0.303 e. The summed E-state index contributed by atoms with van der Waals surface area (Å²) in [4.78, 5) is 10.8. The zero-order chi connectivity index (χ0) is 22.4.